The van der Waals surface area contributed by atoms with Crippen LogP contribution in [-0.2, 0) is 0 Å². The van der Waals surface area contributed by atoms with Crippen LogP contribution in [0.2, 0.25) is 0 Å². The van der Waals surface area contributed by atoms with Crippen molar-refractivity contribution in [2.45, 2.75) is 32.8 Å². The third-order valence-corrected chi connectivity index (χ3v) is 4.58. The molecule has 3 rings (SSSR count). The molecule has 1 N–H and O–H groups in total. The Bertz CT molecular complexity index is 755. The number of hydrogen-bond donors (Lipinski definition) is 1. The lowest BCUT2D eigenvalue weighted by Crippen LogP contribution is -2.41. The van der Waals surface area contributed by atoms with Crippen LogP contribution in [0.25, 0.3) is 11.0 Å². The Morgan fingerprint density at radius 2 is 2.25 bits per heavy atom. The fourth-order valence-corrected chi connectivity index (χ4v) is 3.39. The van der Waals surface area contributed by atoms with Crippen molar-refractivity contribution in [3.63, 3.8) is 0 Å². The Morgan fingerprint density at radius 1 is 1.42 bits per heavy atom. The van der Waals surface area contributed by atoms with Gasteiger partial charge in [0.05, 0.1) is 0 Å². The minimum atomic E-state index is -0.532. The SMILES string of the molecule is Cc1cc(=O)oc2cc(OC[C@H](O)CN3CCC[C@H](C)C3)ccc12. The summed E-state index contributed by atoms with van der Waals surface area (Å²) in [4.78, 5) is 13.8. The molecule has 2 aromatic rings. The molecule has 0 aliphatic carbocycles. The van der Waals surface area contributed by atoms with Crippen LogP contribution in [0.5, 0.6) is 5.75 Å². The van der Waals surface area contributed by atoms with Gasteiger partial charge in [-0.05, 0) is 49.9 Å². The van der Waals surface area contributed by atoms with E-state index in [1.54, 1.807) is 6.07 Å². The molecule has 0 amide bonds. The van der Waals surface area contributed by atoms with Crippen LogP contribution in [0, 0.1) is 12.8 Å². The number of ether oxygens (including phenoxy) is 1. The van der Waals surface area contributed by atoms with Crippen molar-refractivity contribution in [2.75, 3.05) is 26.2 Å². The predicted molar refractivity (Wildman–Crippen MR) is 93.6 cm³/mol. The highest BCUT2D eigenvalue weighted by molar-refractivity contribution is 5.81. The summed E-state index contributed by atoms with van der Waals surface area (Å²) in [5, 5.41) is 11.1. The van der Waals surface area contributed by atoms with Crippen LogP contribution in [0.15, 0.2) is 33.5 Å². The van der Waals surface area contributed by atoms with Crippen LogP contribution < -0.4 is 10.4 Å². The summed E-state index contributed by atoms with van der Waals surface area (Å²) in [6, 6.07) is 6.90. The van der Waals surface area contributed by atoms with Gasteiger partial charge >= 0.3 is 5.63 Å². The van der Waals surface area contributed by atoms with Gasteiger partial charge < -0.3 is 19.2 Å². The zero-order chi connectivity index (χ0) is 17.1. The lowest BCUT2D eigenvalue weighted by Gasteiger charge is -2.32. The van der Waals surface area contributed by atoms with Gasteiger partial charge in [-0.2, -0.15) is 0 Å². The monoisotopic (exact) mass is 331 g/mol. The highest BCUT2D eigenvalue weighted by Crippen LogP contribution is 2.22. The molecule has 130 valence electrons. The highest BCUT2D eigenvalue weighted by atomic mass is 16.5. The summed E-state index contributed by atoms with van der Waals surface area (Å²) in [7, 11) is 0. The highest BCUT2D eigenvalue weighted by Gasteiger charge is 2.19. The standard InChI is InChI=1S/C19H25NO4/c1-13-4-3-7-20(10-13)11-15(21)12-23-16-5-6-17-14(2)8-19(22)24-18(17)9-16/h5-6,8-9,13,15,21H,3-4,7,10-12H2,1-2H3/t13-,15+/m0/s1. The number of aryl methyl sites for hydroxylation is 1. The lowest BCUT2D eigenvalue weighted by atomic mass is 10.0. The second kappa shape index (κ2) is 7.36. The molecule has 2 atom stereocenters. The summed E-state index contributed by atoms with van der Waals surface area (Å²) in [5.74, 6) is 1.29. The first kappa shape index (κ1) is 17.0. The molecule has 0 saturated carbocycles. The third-order valence-electron chi connectivity index (χ3n) is 4.58. The lowest BCUT2D eigenvalue weighted by molar-refractivity contribution is 0.0537. The van der Waals surface area contributed by atoms with Crippen LogP contribution in [0.4, 0.5) is 0 Å². The Kier molecular flexibility index (Phi) is 5.21. The van der Waals surface area contributed by atoms with E-state index in [1.165, 1.54) is 18.9 Å². The Hall–Kier alpha value is -1.85. The third kappa shape index (κ3) is 4.16. The number of hydrogen-bond acceptors (Lipinski definition) is 5. The zero-order valence-electron chi connectivity index (χ0n) is 14.3. The van der Waals surface area contributed by atoms with Crippen molar-refractivity contribution in [3.8, 4) is 5.75 Å². The molecule has 0 unspecified atom stereocenters. The minimum absolute atomic E-state index is 0.229. The first-order chi connectivity index (χ1) is 11.5. The number of benzene rings is 1. The maximum atomic E-state index is 11.5. The maximum Gasteiger partial charge on any atom is 0.336 e. The van der Waals surface area contributed by atoms with Crippen molar-refractivity contribution in [2.24, 2.45) is 5.92 Å². The van der Waals surface area contributed by atoms with Crippen molar-refractivity contribution >= 4 is 11.0 Å². The van der Waals surface area contributed by atoms with E-state index in [9.17, 15) is 9.90 Å². The first-order valence-corrected chi connectivity index (χ1v) is 8.59. The van der Waals surface area contributed by atoms with Gasteiger partial charge in [-0.3, -0.25) is 0 Å². The largest absolute Gasteiger partial charge is 0.491 e. The molecule has 1 aliphatic rings. The zero-order valence-corrected chi connectivity index (χ0v) is 14.3. The van der Waals surface area contributed by atoms with E-state index in [0.717, 1.165) is 24.0 Å². The summed E-state index contributed by atoms with van der Waals surface area (Å²) < 4.78 is 10.9. The van der Waals surface area contributed by atoms with Crippen LogP contribution >= 0.6 is 0 Å². The smallest absolute Gasteiger partial charge is 0.336 e. The number of fused-ring (bicyclic) bond motifs is 1. The minimum Gasteiger partial charge on any atom is -0.491 e. The molecular weight excluding hydrogens is 306 g/mol. The number of nitrogens with zero attached hydrogens (tertiary/aromatic N) is 1. The summed E-state index contributed by atoms with van der Waals surface area (Å²) in [6.07, 6.45) is 1.93. The second-order valence-electron chi connectivity index (χ2n) is 6.88. The van der Waals surface area contributed by atoms with Gasteiger partial charge in [-0.25, -0.2) is 4.79 Å². The molecule has 5 nitrogen and oxygen atoms in total. The molecule has 0 bridgehead atoms. The Balaban J connectivity index is 1.59. The Labute approximate surface area is 141 Å². The van der Waals surface area contributed by atoms with Gasteiger partial charge in [0, 0.05) is 30.6 Å². The number of aliphatic hydroxyl groups excluding tert-OH is 1. The number of likely N-dealkylation sites (tertiary alicyclic amines) is 1. The molecule has 5 heteroatoms. The quantitative estimate of drug-likeness (QED) is 0.853. The number of aliphatic hydroxyl groups is 1. The van der Waals surface area contributed by atoms with E-state index >= 15 is 0 Å². The molecule has 0 radical (unpaired) electrons. The molecule has 1 aromatic carbocycles. The van der Waals surface area contributed by atoms with E-state index in [1.807, 2.05) is 19.1 Å². The fourth-order valence-electron chi connectivity index (χ4n) is 3.39. The number of rotatable bonds is 5. The van der Waals surface area contributed by atoms with Crippen molar-refractivity contribution < 1.29 is 14.3 Å². The molecule has 1 aromatic heterocycles. The number of β-amino-alcohol motifs (C(OH)–C–C–N with tert-alkyl or cyclic N) is 1. The topological polar surface area (TPSA) is 62.9 Å². The second-order valence-corrected chi connectivity index (χ2v) is 6.88. The van der Waals surface area contributed by atoms with E-state index in [4.69, 9.17) is 9.15 Å². The average molecular weight is 331 g/mol. The van der Waals surface area contributed by atoms with Gasteiger partial charge in [0.25, 0.3) is 0 Å². The summed E-state index contributed by atoms with van der Waals surface area (Å²) in [6.45, 7) is 7.07. The first-order valence-electron chi connectivity index (χ1n) is 8.59. The van der Waals surface area contributed by atoms with Crippen molar-refractivity contribution in [3.05, 3.63) is 40.2 Å². The molecule has 1 fully saturated rings. The van der Waals surface area contributed by atoms with Gasteiger partial charge in [-0.1, -0.05) is 6.92 Å². The molecule has 24 heavy (non-hydrogen) atoms. The van der Waals surface area contributed by atoms with Crippen LogP contribution in [0.1, 0.15) is 25.3 Å². The molecule has 0 spiro atoms. The molecule has 1 saturated heterocycles. The predicted octanol–water partition coefficient (Wildman–Crippen LogP) is 2.57. The summed E-state index contributed by atoms with van der Waals surface area (Å²) in [5.41, 5.74) is 1.03. The van der Waals surface area contributed by atoms with Gasteiger partial charge in [-0.15, -0.1) is 0 Å². The molecule has 1 aliphatic heterocycles. The molecule has 2 heterocycles. The van der Waals surface area contributed by atoms with Crippen molar-refractivity contribution in [1.29, 1.82) is 0 Å². The van der Waals surface area contributed by atoms with Crippen molar-refractivity contribution in [1.82, 2.24) is 4.90 Å². The van der Waals surface area contributed by atoms with E-state index < -0.39 is 6.10 Å². The number of piperidine rings is 1. The Morgan fingerprint density at radius 3 is 3.04 bits per heavy atom. The maximum absolute atomic E-state index is 11.5. The van der Waals surface area contributed by atoms with E-state index in [0.29, 0.717) is 23.8 Å². The van der Waals surface area contributed by atoms with E-state index in [-0.39, 0.29) is 12.2 Å². The van der Waals surface area contributed by atoms with E-state index in [2.05, 4.69) is 11.8 Å². The average Bonchev–Trinajstić information content (AvgIpc) is 2.52. The van der Waals surface area contributed by atoms with Gasteiger partial charge in [0.2, 0.25) is 0 Å². The van der Waals surface area contributed by atoms with Crippen LogP contribution in [0.3, 0.4) is 0 Å². The fraction of sp³-hybridized carbons (Fsp3) is 0.526. The summed E-state index contributed by atoms with van der Waals surface area (Å²) >= 11 is 0. The normalized spacial score (nSPS) is 20.2. The van der Waals surface area contributed by atoms with Crippen LogP contribution in [-0.4, -0.2) is 42.4 Å². The van der Waals surface area contributed by atoms with Gasteiger partial charge in [0.15, 0.2) is 0 Å². The molecular formula is C19H25NO4. The van der Waals surface area contributed by atoms with Gasteiger partial charge in [0.1, 0.15) is 24.0 Å².